The molecule has 0 heterocycles. The first-order chi connectivity index (χ1) is 16.3. The number of nitrogens with zero attached hydrogens (tertiary/aromatic N) is 2. The maximum absolute atomic E-state index is 13.7. The smallest absolute Gasteiger partial charge is 0.244 e. The number of carbonyl (C=O) groups is 2. The van der Waals surface area contributed by atoms with Crippen molar-refractivity contribution in [3.8, 4) is 0 Å². The van der Waals surface area contributed by atoms with Gasteiger partial charge in [0.05, 0.1) is 11.9 Å². The molecule has 0 radical (unpaired) electrons. The highest BCUT2D eigenvalue weighted by atomic mass is 32.2. The van der Waals surface area contributed by atoms with Crippen LogP contribution >= 0.6 is 0 Å². The summed E-state index contributed by atoms with van der Waals surface area (Å²) < 4.78 is 26.5. The highest BCUT2D eigenvalue weighted by Gasteiger charge is 2.32. The predicted octanol–water partition coefficient (Wildman–Crippen LogP) is 4.22. The molecule has 0 fully saturated rings. The molecule has 0 aliphatic heterocycles. The molecule has 35 heavy (non-hydrogen) atoms. The molecular formula is C27H39N3O4S. The van der Waals surface area contributed by atoms with E-state index < -0.39 is 28.5 Å². The van der Waals surface area contributed by atoms with E-state index in [1.54, 1.807) is 12.1 Å². The van der Waals surface area contributed by atoms with Gasteiger partial charge in [0.25, 0.3) is 0 Å². The fraction of sp³-hybridized carbons (Fsp3) is 0.481. The van der Waals surface area contributed by atoms with Gasteiger partial charge in [-0.05, 0) is 56.4 Å². The molecule has 0 aromatic heterocycles. The van der Waals surface area contributed by atoms with Gasteiger partial charge in [0.15, 0.2) is 0 Å². The zero-order valence-corrected chi connectivity index (χ0v) is 22.7. The molecule has 1 atom stereocenters. The number of rotatable bonds is 11. The minimum atomic E-state index is -3.75. The summed E-state index contributed by atoms with van der Waals surface area (Å²) >= 11 is 0. The maximum Gasteiger partial charge on any atom is 0.244 e. The van der Waals surface area contributed by atoms with Crippen molar-refractivity contribution in [3.63, 3.8) is 0 Å². The van der Waals surface area contributed by atoms with Crippen LogP contribution in [0.2, 0.25) is 0 Å². The molecule has 8 heteroatoms. The molecule has 1 unspecified atom stereocenters. The highest BCUT2D eigenvalue weighted by molar-refractivity contribution is 7.92. The highest BCUT2D eigenvalue weighted by Crippen LogP contribution is 2.23. The summed E-state index contributed by atoms with van der Waals surface area (Å²) in [5.74, 6) is -0.390. The lowest BCUT2D eigenvalue weighted by molar-refractivity contribution is -0.140. The fourth-order valence-electron chi connectivity index (χ4n) is 3.95. The van der Waals surface area contributed by atoms with E-state index in [-0.39, 0.29) is 18.5 Å². The summed E-state index contributed by atoms with van der Waals surface area (Å²) in [5.41, 5.74) is 3.41. The second-order valence-corrected chi connectivity index (χ2v) is 11.5. The van der Waals surface area contributed by atoms with Crippen molar-refractivity contribution in [2.24, 2.45) is 0 Å². The monoisotopic (exact) mass is 501 g/mol. The number of carbonyl (C=O) groups excluding carboxylic acids is 2. The zero-order chi connectivity index (χ0) is 26.3. The van der Waals surface area contributed by atoms with Crippen molar-refractivity contribution in [2.45, 2.75) is 72.5 Å². The van der Waals surface area contributed by atoms with Crippen LogP contribution in [-0.4, -0.2) is 50.0 Å². The molecule has 2 amide bonds. The van der Waals surface area contributed by atoms with Gasteiger partial charge in [-0.1, -0.05) is 62.7 Å². The van der Waals surface area contributed by atoms with Gasteiger partial charge in [0.2, 0.25) is 21.8 Å². The fourth-order valence-corrected chi connectivity index (χ4v) is 4.80. The lowest BCUT2D eigenvalue weighted by Crippen LogP contribution is -2.53. The Balaban J connectivity index is 2.44. The normalized spacial score (nSPS) is 12.5. The number of aryl methyl sites for hydroxylation is 1. The van der Waals surface area contributed by atoms with E-state index >= 15 is 0 Å². The Morgan fingerprint density at radius 2 is 1.63 bits per heavy atom. The first kappa shape index (κ1) is 28.4. The molecule has 7 nitrogen and oxygen atoms in total. The van der Waals surface area contributed by atoms with E-state index in [4.69, 9.17) is 0 Å². The van der Waals surface area contributed by atoms with E-state index in [9.17, 15) is 18.0 Å². The van der Waals surface area contributed by atoms with Crippen LogP contribution in [0.25, 0.3) is 0 Å². The van der Waals surface area contributed by atoms with Crippen molar-refractivity contribution < 1.29 is 18.0 Å². The first-order valence-corrected chi connectivity index (χ1v) is 13.9. The van der Waals surface area contributed by atoms with Gasteiger partial charge >= 0.3 is 0 Å². The summed E-state index contributed by atoms with van der Waals surface area (Å²) in [5, 5.41) is 2.89. The molecule has 0 aliphatic rings. The van der Waals surface area contributed by atoms with Gasteiger partial charge in [-0.25, -0.2) is 8.42 Å². The van der Waals surface area contributed by atoms with Crippen molar-refractivity contribution in [1.82, 2.24) is 10.2 Å². The standard InChI is InChI=1S/C27H39N3O4S/c1-8-25(27(32)28-20(4)5)29(17-22-11-9-10-21(6)16-22)26(31)18-30(35(7,33)34)24-14-12-23(13-15-24)19(2)3/h9-16,19-20,25H,8,17-18H2,1-7H3,(H,28,32). The zero-order valence-electron chi connectivity index (χ0n) is 21.9. The molecule has 1 N–H and O–H groups in total. The molecule has 0 aliphatic carbocycles. The molecule has 0 bridgehead atoms. The molecular weight excluding hydrogens is 462 g/mol. The van der Waals surface area contributed by atoms with E-state index in [0.717, 1.165) is 27.3 Å². The van der Waals surface area contributed by atoms with Crippen molar-refractivity contribution >= 4 is 27.5 Å². The lowest BCUT2D eigenvalue weighted by atomic mass is 10.0. The summed E-state index contributed by atoms with van der Waals surface area (Å²) in [4.78, 5) is 28.2. The second-order valence-electron chi connectivity index (χ2n) is 9.61. The van der Waals surface area contributed by atoms with E-state index in [1.165, 1.54) is 4.90 Å². The van der Waals surface area contributed by atoms with E-state index in [2.05, 4.69) is 19.2 Å². The van der Waals surface area contributed by atoms with Gasteiger partial charge in [0.1, 0.15) is 12.6 Å². The summed E-state index contributed by atoms with van der Waals surface area (Å²) in [6.07, 6.45) is 1.49. The lowest BCUT2D eigenvalue weighted by Gasteiger charge is -2.33. The minimum absolute atomic E-state index is 0.0838. The van der Waals surface area contributed by atoms with Gasteiger partial charge in [-0.3, -0.25) is 13.9 Å². The van der Waals surface area contributed by atoms with Crippen LogP contribution in [0.5, 0.6) is 0 Å². The Morgan fingerprint density at radius 3 is 2.11 bits per heavy atom. The van der Waals surface area contributed by atoms with Crippen LogP contribution in [0.4, 0.5) is 5.69 Å². The maximum atomic E-state index is 13.7. The predicted molar refractivity (Wildman–Crippen MR) is 142 cm³/mol. The Hall–Kier alpha value is -2.87. The largest absolute Gasteiger partial charge is 0.352 e. The van der Waals surface area contributed by atoms with E-state index in [0.29, 0.717) is 18.0 Å². The van der Waals surface area contributed by atoms with Crippen molar-refractivity contribution in [1.29, 1.82) is 0 Å². The van der Waals surface area contributed by atoms with Gasteiger partial charge in [-0.15, -0.1) is 0 Å². The Morgan fingerprint density at radius 1 is 1.00 bits per heavy atom. The van der Waals surface area contributed by atoms with Crippen molar-refractivity contribution in [3.05, 3.63) is 65.2 Å². The molecule has 192 valence electrons. The second kappa shape index (κ2) is 12.2. The van der Waals surface area contributed by atoms with Gasteiger partial charge in [0, 0.05) is 12.6 Å². The third-order valence-corrected chi connectivity index (χ3v) is 6.92. The van der Waals surface area contributed by atoms with Crippen LogP contribution in [0.1, 0.15) is 63.6 Å². The first-order valence-electron chi connectivity index (χ1n) is 12.1. The summed E-state index contributed by atoms with van der Waals surface area (Å²) in [6.45, 7) is 11.5. The van der Waals surface area contributed by atoms with Crippen LogP contribution in [0.15, 0.2) is 48.5 Å². The number of amides is 2. The Bertz CT molecular complexity index is 1110. The molecule has 0 saturated heterocycles. The number of hydrogen-bond donors (Lipinski definition) is 1. The Kier molecular flexibility index (Phi) is 9.89. The molecule has 2 aromatic carbocycles. The third-order valence-electron chi connectivity index (χ3n) is 5.78. The quantitative estimate of drug-likeness (QED) is 0.500. The third kappa shape index (κ3) is 8.09. The minimum Gasteiger partial charge on any atom is -0.352 e. The summed E-state index contributed by atoms with van der Waals surface area (Å²) in [6, 6.07) is 14.1. The van der Waals surface area contributed by atoms with E-state index in [1.807, 2.05) is 64.1 Å². The van der Waals surface area contributed by atoms with Crippen molar-refractivity contribution in [2.75, 3.05) is 17.1 Å². The molecule has 2 rings (SSSR count). The molecule has 2 aromatic rings. The molecule has 0 saturated carbocycles. The average Bonchev–Trinajstić information content (AvgIpc) is 2.76. The topological polar surface area (TPSA) is 86.8 Å². The number of benzene rings is 2. The number of anilines is 1. The van der Waals surface area contributed by atoms with Gasteiger partial charge in [-0.2, -0.15) is 0 Å². The van der Waals surface area contributed by atoms with Crippen LogP contribution < -0.4 is 9.62 Å². The van der Waals surface area contributed by atoms with Gasteiger partial charge < -0.3 is 10.2 Å². The average molecular weight is 502 g/mol. The van der Waals surface area contributed by atoms with Crippen LogP contribution in [0.3, 0.4) is 0 Å². The number of hydrogen-bond acceptors (Lipinski definition) is 4. The Labute approximate surface area is 210 Å². The van der Waals surface area contributed by atoms with Crippen LogP contribution in [-0.2, 0) is 26.2 Å². The SMILES string of the molecule is CCC(C(=O)NC(C)C)N(Cc1cccc(C)c1)C(=O)CN(c1ccc(C(C)C)cc1)S(C)(=O)=O. The molecule has 0 spiro atoms. The van der Waals surface area contributed by atoms with Crippen LogP contribution in [0, 0.1) is 6.92 Å². The number of nitrogens with one attached hydrogen (secondary N) is 1. The number of sulfonamides is 1. The summed E-state index contributed by atoms with van der Waals surface area (Å²) in [7, 11) is -3.75.